The van der Waals surface area contributed by atoms with Crippen LogP contribution in [0, 0.1) is 0 Å². The first-order valence-electron chi connectivity index (χ1n) is 9.28. The van der Waals surface area contributed by atoms with E-state index in [9.17, 15) is 0 Å². The number of ether oxygens (including phenoxy) is 2. The number of benzene rings is 1. The smallest absolute Gasteiger partial charge is 0.322 e. The molecule has 1 aliphatic rings. The Morgan fingerprint density at radius 2 is 1.74 bits per heavy atom. The predicted octanol–water partition coefficient (Wildman–Crippen LogP) is 4.70. The number of hydrogen-bond acceptors (Lipinski definition) is 7. The highest BCUT2D eigenvalue weighted by Crippen LogP contribution is 2.27. The Kier molecular flexibility index (Phi) is 7.31. The number of rotatable bonds is 7. The zero-order valence-electron chi connectivity index (χ0n) is 15.8. The highest BCUT2D eigenvalue weighted by atomic mass is 127. The summed E-state index contributed by atoms with van der Waals surface area (Å²) in [5, 5.41) is 6.71. The lowest BCUT2D eigenvalue weighted by Crippen LogP contribution is -2.20. The van der Waals surface area contributed by atoms with Gasteiger partial charge < -0.3 is 20.1 Å². The van der Waals surface area contributed by atoms with Crippen LogP contribution in [0.1, 0.15) is 44.1 Å². The van der Waals surface area contributed by atoms with Crippen molar-refractivity contribution in [3.8, 4) is 11.8 Å². The van der Waals surface area contributed by atoms with Crippen LogP contribution in [-0.2, 0) is 4.43 Å². The zero-order valence-corrected chi connectivity index (χ0v) is 18.0. The molecule has 1 saturated carbocycles. The molecular weight excluding hydrogens is 457 g/mol. The number of alkyl halides is 1. The van der Waals surface area contributed by atoms with Gasteiger partial charge in [-0.1, -0.05) is 48.3 Å². The number of halogens is 1. The van der Waals surface area contributed by atoms with Gasteiger partial charge in [-0.25, -0.2) is 0 Å². The lowest BCUT2D eigenvalue weighted by Gasteiger charge is -2.17. The molecule has 2 aromatic rings. The fraction of sp³-hybridized carbons (Fsp3) is 0.526. The molecule has 1 aromatic carbocycles. The van der Waals surface area contributed by atoms with Gasteiger partial charge >= 0.3 is 6.01 Å². The molecule has 0 radical (unpaired) electrons. The molecule has 8 heteroatoms. The van der Waals surface area contributed by atoms with Crippen LogP contribution in [0.5, 0.6) is 11.8 Å². The molecule has 0 unspecified atom stereocenters. The molecule has 1 heterocycles. The topological polar surface area (TPSA) is 81.2 Å². The van der Waals surface area contributed by atoms with E-state index in [1.165, 1.54) is 25.7 Å². The van der Waals surface area contributed by atoms with Crippen LogP contribution < -0.4 is 20.1 Å². The molecule has 1 aromatic heterocycles. The molecule has 7 nitrogen and oxygen atoms in total. The molecule has 0 aliphatic heterocycles. The summed E-state index contributed by atoms with van der Waals surface area (Å²) in [4.78, 5) is 13.2. The summed E-state index contributed by atoms with van der Waals surface area (Å²) >= 11 is 2.32. The molecule has 3 rings (SSSR count). The molecule has 146 valence electrons. The van der Waals surface area contributed by atoms with Crippen LogP contribution in [0.3, 0.4) is 0 Å². The van der Waals surface area contributed by atoms with Crippen LogP contribution in [-0.4, -0.2) is 35.2 Å². The van der Waals surface area contributed by atoms with E-state index in [1.54, 1.807) is 14.2 Å². The minimum absolute atomic E-state index is 0.297. The molecular formula is C19H26IN5O2. The van der Waals surface area contributed by atoms with Crippen molar-refractivity contribution in [2.24, 2.45) is 0 Å². The fourth-order valence-electron chi connectivity index (χ4n) is 3.26. The van der Waals surface area contributed by atoms with E-state index in [2.05, 4.69) is 48.2 Å². The molecule has 1 aliphatic carbocycles. The average molecular weight is 483 g/mol. The maximum atomic E-state index is 5.39. The monoisotopic (exact) mass is 483 g/mol. The first kappa shape index (κ1) is 19.9. The van der Waals surface area contributed by atoms with Crippen molar-refractivity contribution in [3.05, 3.63) is 23.8 Å². The highest BCUT2D eigenvalue weighted by molar-refractivity contribution is 14.1. The van der Waals surface area contributed by atoms with Crippen molar-refractivity contribution in [1.82, 2.24) is 15.0 Å². The normalized spacial score (nSPS) is 15.1. The van der Waals surface area contributed by atoms with E-state index in [0.29, 0.717) is 23.9 Å². The van der Waals surface area contributed by atoms with Crippen molar-refractivity contribution >= 4 is 40.2 Å². The average Bonchev–Trinajstić information content (AvgIpc) is 2.96. The maximum Gasteiger partial charge on any atom is 0.322 e. The lowest BCUT2D eigenvalue weighted by atomic mass is 10.1. The summed E-state index contributed by atoms with van der Waals surface area (Å²) in [6.45, 7) is 0. The van der Waals surface area contributed by atoms with Crippen LogP contribution in [0.15, 0.2) is 18.2 Å². The number of nitrogens with zero attached hydrogens (tertiary/aromatic N) is 3. The number of methoxy groups -OCH3 is 2. The third-order valence-corrected chi connectivity index (χ3v) is 5.49. The van der Waals surface area contributed by atoms with E-state index in [4.69, 9.17) is 9.47 Å². The Balaban J connectivity index is 1.78. The van der Waals surface area contributed by atoms with Crippen molar-refractivity contribution in [3.63, 3.8) is 0 Å². The summed E-state index contributed by atoms with van der Waals surface area (Å²) in [5.41, 5.74) is 2.01. The van der Waals surface area contributed by atoms with Gasteiger partial charge in [-0.3, -0.25) is 0 Å². The largest absolute Gasteiger partial charge is 0.496 e. The van der Waals surface area contributed by atoms with Crippen LogP contribution in [0.25, 0.3) is 0 Å². The zero-order chi connectivity index (χ0) is 19.1. The second-order valence-corrected chi connectivity index (χ2v) is 7.35. The van der Waals surface area contributed by atoms with Gasteiger partial charge in [0.05, 0.1) is 14.2 Å². The quantitative estimate of drug-likeness (QED) is 0.336. The Morgan fingerprint density at radius 1 is 1.00 bits per heavy atom. The summed E-state index contributed by atoms with van der Waals surface area (Å²) < 4.78 is 11.5. The van der Waals surface area contributed by atoms with E-state index in [0.717, 1.165) is 34.3 Å². The summed E-state index contributed by atoms with van der Waals surface area (Å²) in [6, 6.07) is 6.63. The molecule has 27 heavy (non-hydrogen) atoms. The van der Waals surface area contributed by atoms with Crippen molar-refractivity contribution < 1.29 is 9.47 Å². The van der Waals surface area contributed by atoms with Crippen LogP contribution >= 0.6 is 22.6 Å². The molecule has 2 N–H and O–H groups in total. The minimum atomic E-state index is 0.297. The third kappa shape index (κ3) is 5.57. The number of aromatic nitrogens is 3. The van der Waals surface area contributed by atoms with Gasteiger partial charge in [0.2, 0.25) is 11.9 Å². The molecule has 0 atom stereocenters. The molecule has 1 fully saturated rings. The maximum absolute atomic E-state index is 5.39. The second-order valence-electron chi connectivity index (χ2n) is 6.59. The molecule has 0 bridgehead atoms. The van der Waals surface area contributed by atoms with Gasteiger partial charge in [-0.05, 0) is 31.0 Å². The standard InChI is InChI=1S/C19H26IN5O2/c1-26-16-10-9-15(11-13(16)12-20)22-18-23-17(24-19(25-18)27-2)21-14-7-5-3-4-6-8-14/h9-11,14H,3-8,12H2,1-2H3,(H2,21,22,23,24,25). The minimum Gasteiger partial charge on any atom is -0.496 e. The highest BCUT2D eigenvalue weighted by Gasteiger charge is 2.15. The van der Waals surface area contributed by atoms with Gasteiger partial charge in [-0.2, -0.15) is 15.0 Å². The number of anilines is 3. The fourth-order valence-corrected chi connectivity index (χ4v) is 3.86. The van der Waals surface area contributed by atoms with E-state index < -0.39 is 0 Å². The van der Waals surface area contributed by atoms with Gasteiger partial charge in [0.15, 0.2) is 0 Å². The van der Waals surface area contributed by atoms with Crippen LogP contribution in [0.4, 0.5) is 17.6 Å². The lowest BCUT2D eigenvalue weighted by molar-refractivity contribution is 0.379. The van der Waals surface area contributed by atoms with Gasteiger partial charge in [-0.15, -0.1) is 0 Å². The van der Waals surface area contributed by atoms with Crippen molar-refractivity contribution in [2.75, 3.05) is 24.9 Å². The van der Waals surface area contributed by atoms with Crippen LogP contribution in [0.2, 0.25) is 0 Å². The Bertz CT molecular complexity index is 751. The SMILES string of the molecule is COc1nc(Nc2ccc(OC)c(CI)c2)nc(NC2CCCCCC2)n1. The van der Waals surface area contributed by atoms with E-state index in [1.807, 2.05) is 18.2 Å². The summed E-state index contributed by atoms with van der Waals surface area (Å²) in [6.07, 6.45) is 7.40. The Morgan fingerprint density at radius 3 is 2.41 bits per heavy atom. The third-order valence-electron chi connectivity index (χ3n) is 4.67. The number of nitrogens with one attached hydrogen (secondary N) is 2. The van der Waals surface area contributed by atoms with Gasteiger partial charge in [0.1, 0.15) is 5.75 Å². The van der Waals surface area contributed by atoms with E-state index in [-0.39, 0.29) is 0 Å². The van der Waals surface area contributed by atoms with Crippen molar-refractivity contribution in [2.45, 2.75) is 49.0 Å². The second kappa shape index (κ2) is 9.91. The van der Waals surface area contributed by atoms with Crippen molar-refractivity contribution in [1.29, 1.82) is 0 Å². The molecule has 0 spiro atoms. The summed E-state index contributed by atoms with van der Waals surface area (Å²) in [7, 11) is 3.25. The summed E-state index contributed by atoms with van der Waals surface area (Å²) in [5.74, 6) is 1.89. The number of hydrogen-bond donors (Lipinski definition) is 2. The first-order valence-corrected chi connectivity index (χ1v) is 10.8. The molecule has 0 saturated heterocycles. The molecule has 0 amide bonds. The Hall–Kier alpha value is -1.84. The van der Waals surface area contributed by atoms with Gasteiger partial charge in [0.25, 0.3) is 0 Å². The Labute approximate surface area is 173 Å². The first-order chi connectivity index (χ1) is 13.2. The predicted molar refractivity (Wildman–Crippen MR) is 115 cm³/mol. The van der Waals surface area contributed by atoms with E-state index >= 15 is 0 Å². The van der Waals surface area contributed by atoms with Gasteiger partial charge in [0, 0.05) is 21.7 Å².